The molecule has 0 amide bonds. The lowest BCUT2D eigenvalue weighted by Gasteiger charge is -2.10. The van der Waals surface area contributed by atoms with Crippen molar-refractivity contribution in [3.8, 4) is 0 Å². The molecule has 0 saturated carbocycles. The molecular weight excluding hydrogens is 313 g/mol. The lowest BCUT2D eigenvalue weighted by molar-refractivity contribution is -0.138. The predicted octanol–water partition coefficient (Wildman–Crippen LogP) is 3.75. The number of carbonyl (C=O) groups is 2. The molecule has 1 N–H and O–H groups in total. The fourth-order valence-corrected chi connectivity index (χ4v) is 2.67. The van der Waals surface area contributed by atoms with Crippen molar-refractivity contribution in [1.82, 2.24) is 4.57 Å². The number of carboxylic acids is 1. The summed E-state index contributed by atoms with van der Waals surface area (Å²) in [4.78, 5) is 23.6. The maximum Gasteiger partial charge on any atom is 0.312 e. The van der Waals surface area contributed by atoms with E-state index >= 15 is 0 Å². The van der Waals surface area contributed by atoms with E-state index in [2.05, 4.69) is 0 Å². The molecule has 2 rings (SSSR count). The summed E-state index contributed by atoms with van der Waals surface area (Å²) in [6.07, 6.45) is 0. The summed E-state index contributed by atoms with van der Waals surface area (Å²) in [5, 5.41) is 9.77. The highest BCUT2D eigenvalue weighted by atomic mass is 35.5. The fraction of sp³-hybridized carbons (Fsp3) is 0.200. The van der Waals surface area contributed by atoms with Gasteiger partial charge in [0.15, 0.2) is 0 Å². The van der Waals surface area contributed by atoms with Crippen LogP contribution in [0, 0.1) is 0 Å². The molecule has 0 aliphatic heterocycles. The summed E-state index contributed by atoms with van der Waals surface area (Å²) >= 11 is 12.0. The molecule has 0 saturated heterocycles. The first kappa shape index (κ1) is 15.6. The summed E-state index contributed by atoms with van der Waals surface area (Å²) in [6.45, 7) is 1.54. The van der Waals surface area contributed by atoms with Crippen molar-refractivity contribution < 1.29 is 14.7 Å². The van der Waals surface area contributed by atoms with Gasteiger partial charge in [0.1, 0.15) is 5.69 Å². The number of halogens is 2. The Bertz CT molecular complexity index is 722. The molecule has 0 aliphatic rings. The average Bonchev–Trinajstić information content (AvgIpc) is 2.72. The van der Waals surface area contributed by atoms with Crippen LogP contribution in [0.5, 0.6) is 0 Å². The standard InChI is InChI=1S/C15H13Cl2NO3/c1-8(15(20)21)12-7-11(17)13(18(12)2)14(19)9-4-3-5-10(16)6-9/h3-8H,1-2H3,(H,20,21). The number of aliphatic carboxylic acids is 1. The first-order valence-corrected chi connectivity index (χ1v) is 6.96. The molecule has 0 fully saturated rings. The van der Waals surface area contributed by atoms with Gasteiger partial charge < -0.3 is 9.67 Å². The van der Waals surface area contributed by atoms with E-state index < -0.39 is 11.9 Å². The second-order valence-electron chi connectivity index (χ2n) is 4.72. The first-order chi connectivity index (χ1) is 9.82. The zero-order chi connectivity index (χ0) is 15.7. The zero-order valence-electron chi connectivity index (χ0n) is 11.4. The number of ketones is 1. The molecule has 0 aliphatic carbocycles. The van der Waals surface area contributed by atoms with E-state index in [-0.39, 0.29) is 16.5 Å². The molecule has 21 heavy (non-hydrogen) atoms. The maximum absolute atomic E-state index is 12.5. The maximum atomic E-state index is 12.5. The number of aromatic nitrogens is 1. The van der Waals surface area contributed by atoms with Crippen LogP contribution >= 0.6 is 23.2 Å². The van der Waals surface area contributed by atoms with Crippen LogP contribution in [0.2, 0.25) is 10.0 Å². The summed E-state index contributed by atoms with van der Waals surface area (Å²) in [6, 6.07) is 8.04. The molecule has 110 valence electrons. The van der Waals surface area contributed by atoms with Gasteiger partial charge >= 0.3 is 5.97 Å². The Kier molecular flexibility index (Phi) is 4.40. The fourth-order valence-electron chi connectivity index (χ4n) is 2.15. The Morgan fingerprint density at radius 1 is 1.24 bits per heavy atom. The molecule has 0 bridgehead atoms. The van der Waals surface area contributed by atoms with E-state index in [1.54, 1.807) is 38.2 Å². The number of benzene rings is 1. The van der Waals surface area contributed by atoms with Gasteiger partial charge in [-0.1, -0.05) is 35.3 Å². The van der Waals surface area contributed by atoms with Crippen molar-refractivity contribution in [3.63, 3.8) is 0 Å². The Morgan fingerprint density at radius 2 is 1.90 bits per heavy atom. The molecule has 1 atom stereocenters. The molecular formula is C15H13Cl2NO3. The molecule has 0 spiro atoms. The van der Waals surface area contributed by atoms with Crippen molar-refractivity contribution >= 4 is 35.0 Å². The minimum atomic E-state index is -0.978. The van der Waals surface area contributed by atoms with Crippen molar-refractivity contribution in [2.45, 2.75) is 12.8 Å². The smallest absolute Gasteiger partial charge is 0.312 e. The predicted molar refractivity (Wildman–Crippen MR) is 81.4 cm³/mol. The van der Waals surface area contributed by atoms with Gasteiger partial charge in [0.2, 0.25) is 5.78 Å². The van der Waals surface area contributed by atoms with Crippen molar-refractivity contribution in [2.75, 3.05) is 0 Å². The van der Waals surface area contributed by atoms with Crippen LogP contribution < -0.4 is 0 Å². The third-order valence-corrected chi connectivity index (χ3v) is 3.86. The highest BCUT2D eigenvalue weighted by molar-refractivity contribution is 6.35. The molecule has 1 heterocycles. The van der Waals surface area contributed by atoms with Crippen LogP contribution in [0.25, 0.3) is 0 Å². The van der Waals surface area contributed by atoms with Gasteiger partial charge in [-0.05, 0) is 25.1 Å². The number of carboxylic acid groups (broad SMARTS) is 1. The van der Waals surface area contributed by atoms with Gasteiger partial charge in [0.25, 0.3) is 0 Å². The molecule has 2 aromatic rings. The summed E-state index contributed by atoms with van der Waals surface area (Å²) in [5.74, 6) is -2.03. The quantitative estimate of drug-likeness (QED) is 0.871. The summed E-state index contributed by atoms with van der Waals surface area (Å²) < 4.78 is 1.52. The molecule has 6 heteroatoms. The molecule has 1 aromatic carbocycles. The van der Waals surface area contributed by atoms with Gasteiger partial charge in [0, 0.05) is 23.3 Å². The molecule has 4 nitrogen and oxygen atoms in total. The Labute approximate surface area is 131 Å². The van der Waals surface area contributed by atoms with Crippen LogP contribution in [-0.4, -0.2) is 21.4 Å². The van der Waals surface area contributed by atoms with Crippen LogP contribution in [0.4, 0.5) is 0 Å². The SMILES string of the molecule is CC(C(=O)O)c1cc(Cl)c(C(=O)c2cccc(Cl)c2)n1C. The second-order valence-corrected chi connectivity index (χ2v) is 5.57. The third kappa shape index (κ3) is 2.96. The van der Waals surface area contributed by atoms with E-state index in [1.807, 2.05) is 0 Å². The monoisotopic (exact) mass is 325 g/mol. The van der Waals surface area contributed by atoms with Crippen LogP contribution in [-0.2, 0) is 11.8 Å². The largest absolute Gasteiger partial charge is 0.481 e. The van der Waals surface area contributed by atoms with E-state index in [0.717, 1.165) is 0 Å². The molecule has 0 radical (unpaired) electrons. The van der Waals surface area contributed by atoms with E-state index in [0.29, 0.717) is 16.3 Å². The minimum Gasteiger partial charge on any atom is -0.481 e. The first-order valence-electron chi connectivity index (χ1n) is 6.21. The number of rotatable bonds is 4. The number of carbonyl (C=O) groups excluding carboxylic acids is 1. The number of hydrogen-bond donors (Lipinski definition) is 1. The molecule has 1 aromatic heterocycles. The average molecular weight is 326 g/mol. The van der Waals surface area contributed by atoms with E-state index in [4.69, 9.17) is 28.3 Å². The Hall–Kier alpha value is -1.78. The van der Waals surface area contributed by atoms with Crippen LogP contribution in [0.3, 0.4) is 0 Å². The van der Waals surface area contributed by atoms with Gasteiger partial charge in [-0.3, -0.25) is 9.59 Å². The lowest BCUT2D eigenvalue weighted by Crippen LogP contribution is -2.15. The van der Waals surface area contributed by atoms with E-state index in [9.17, 15) is 9.59 Å². The van der Waals surface area contributed by atoms with Crippen molar-refractivity contribution in [3.05, 3.63) is 57.3 Å². The highest BCUT2D eigenvalue weighted by Gasteiger charge is 2.25. The van der Waals surface area contributed by atoms with Crippen molar-refractivity contribution in [2.24, 2.45) is 7.05 Å². The lowest BCUT2D eigenvalue weighted by atomic mass is 10.1. The number of nitrogens with zero attached hydrogens (tertiary/aromatic N) is 1. The highest BCUT2D eigenvalue weighted by Crippen LogP contribution is 2.28. The number of hydrogen-bond acceptors (Lipinski definition) is 2. The van der Waals surface area contributed by atoms with Crippen LogP contribution in [0.15, 0.2) is 30.3 Å². The summed E-state index contributed by atoms with van der Waals surface area (Å²) in [7, 11) is 1.62. The van der Waals surface area contributed by atoms with Gasteiger partial charge in [-0.2, -0.15) is 0 Å². The van der Waals surface area contributed by atoms with Gasteiger partial charge in [-0.15, -0.1) is 0 Å². The topological polar surface area (TPSA) is 59.3 Å². The van der Waals surface area contributed by atoms with Gasteiger partial charge in [-0.25, -0.2) is 0 Å². The summed E-state index contributed by atoms with van der Waals surface area (Å²) in [5.41, 5.74) is 1.13. The Morgan fingerprint density at radius 3 is 2.48 bits per heavy atom. The van der Waals surface area contributed by atoms with E-state index in [1.165, 1.54) is 10.6 Å². The normalized spacial score (nSPS) is 12.2. The van der Waals surface area contributed by atoms with Crippen molar-refractivity contribution in [1.29, 1.82) is 0 Å². The second kappa shape index (κ2) is 5.92. The zero-order valence-corrected chi connectivity index (χ0v) is 12.9. The van der Waals surface area contributed by atoms with Gasteiger partial charge in [0.05, 0.1) is 10.9 Å². The molecule has 1 unspecified atom stereocenters. The Balaban J connectivity index is 2.50. The minimum absolute atomic E-state index is 0.227. The third-order valence-electron chi connectivity index (χ3n) is 3.34. The van der Waals surface area contributed by atoms with Crippen LogP contribution in [0.1, 0.15) is 34.6 Å².